The standard InChI is InChI=1S/C8H9Br2N5/c9-2-1-3-15-4-12-5-6(11)13-8(10)14-7(5)15/h4H,1-3H2,(H2,11,13,14). The first-order chi connectivity index (χ1) is 7.22. The molecular formula is C8H9Br2N5. The molecule has 0 aliphatic heterocycles. The van der Waals surface area contributed by atoms with Crippen molar-refractivity contribution in [2.45, 2.75) is 13.0 Å². The molecule has 2 N–H and O–H groups in total. The Labute approximate surface area is 103 Å². The second-order valence-electron chi connectivity index (χ2n) is 3.03. The predicted molar refractivity (Wildman–Crippen MR) is 65.8 cm³/mol. The highest BCUT2D eigenvalue weighted by Gasteiger charge is 2.09. The first-order valence-electron chi connectivity index (χ1n) is 4.42. The predicted octanol–water partition coefficient (Wildman–Crippen LogP) is 1.96. The van der Waals surface area contributed by atoms with Gasteiger partial charge in [0, 0.05) is 11.9 Å². The molecule has 0 bridgehead atoms. The van der Waals surface area contributed by atoms with E-state index in [0.717, 1.165) is 23.9 Å². The van der Waals surface area contributed by atoms with E-state index in [-0.39, 0.29) is 0 Å². The average Bonchev–Trinajstić information content (AvgIpc) is 2.58. The number of hydrogen-bond acceptors (Lipinski definition) is 4. The van der Waals surface area contributed by atoms with E-state index in [9.17, 15) is 0 Å². The molecule has 2 heterocycles. The largest absolute Gasteiger partial charge is 0.382 e. The molecule has 0 unspecified atom stereocenters. The SMILES string of the molecule is Nc1nc(Br)nc2c1ncn2CCCBr. The summed E-state index contributed by atoms with van der Waals surface area (Å²) in [5.41, 5.74) is 7.17. The quantitative estimate of drug-likeness (QED) is 0.688. The minimum absolute atomic E-state index is 0.407. The van der Waals surface area contributed by atoms with Crippen LogP contribution in [0.1, 0.15) is 6.42 Å². The fraction of sp³-hybridized carbons (Fsp3) is 0.375. The van der Waals surface area contributed by atoms with Gasteiger partial charge in [0.25, 0.3) is 0 Å². The minimum Gasteiger partial charge on any atom is -0.382 e. The van der Waals surface area contributed by atoms with E-state index in [0.29, 0.717) is 16.1 Å². The molecule has 0 atom stereocenters. The topological polar surface area (TPSA) is 69.6 Å². The summed E-state index contributed by atoms with van der Waals surface area (Å²) in [7, 11) is 0. The number of nitrogens with two attached hydrogens (primary N) is 1. The minimum atomic E-state index is 0.407. The van der Waals surface area contributed by atoms with E-state index < -0.39 is 0 Å². The number of fused-ring (bicyclic) bond motifs is 1. The Morgan fingerprint density at radius 3 is 2.93 bits per heavy atom. The molecule has 0 aromatic carbocycles. The summed E-state index contributed by atoms with van der Waals surface area (Å²) in [6.07, 6.45) is 2.76. The van der Waals surface area contributed by atoms with Crippen molar-refractivity contribution in [1.29, 1.82) is 0 Å². The van der Waals surface area contributed by atoms with Crippen LogP contribution >= 0.6 is 31.9 Å². The van der Waals surface area contributed by atoms with Crippen molar-refractivity contribution in [2.75, 3.05) is 11.1 Å². The van der Waals surface area contributed by atoms with E-state index in [1.165, 1.54) is 0 Å². The third kappa shape index (κ3) is 2.12. The highest BCUT2D eigenvalue weighted by molar-refractivity contribution is 9.10. The number of alkyl halides is 1. The van der Waals surface area contributed by atoms with Crippen LogP contribution in [0.5, 0.6) is 0 Å². The van der Waals surface area contributed by atoms with Gasteiger partial charge in [-0.1, -0.05) is 15.9 Å². The Morgan fingerprint density at radius 2 is 2.20 bits per heavy atom. The van der Waals surface area contributed by atoms with E-state index in [4.69, 9.17) is 5.73 Å². The second-order valence-corrected chi connectivity index (χ2v) is 4.53. The van der Waals surface area contributed by atoms with Crippen LogP contribution in [-0.2, 0) is 6.54 Å². The van der Waals surface area contributed by atoms with Crippen molar-refractivity contribution in [2.24, 2.45) is 0 Å². The Balaban J connectivity index is 2.49. The Bertz CT molecular complexity index is 481. The molecule has 2 aromatic rings. The molecule has 0 saturated heterocycles. The molecular weight excluding hydrogens is 326 g/mol. The average molecular weight is 335 g/mol. The summed E-state index contributed by atoms with van der Waals surface area (Å²) in [5, 5.41) is 0.953. The van der Waals surface area contributed by atoms with Crippen LogP contribution in [0.4, 0.5) is 5.82 Å². The maximum atomic E-state index is 5.73. The Kier molecular flexibility index (Phi) is 3.20. The van der Waals surface area contributed by atoms with Crippen LogP contribution in [0.25, 0.3) is 11.2 Å². The highest BCUT2D eigenvalue weighted by atomic mass is 79.9. The van der Waals surface area contributed by atoms with Gasteiger partial charge >= 0.3 is 0 Å². The number of hydrogen-bond donors (Lipinski definition) is 1. The molecule has 5 nitrogen and oxygen atoms in total. The van der Waals surface area contributed by atoms with Crippen molar-refractivity contribution in [3.05, 3.63) is 11.1 Å². The third-order valence-electron chi connectivity index (χ3n) is 2.00. The molecule has 0 aliphatic carbocycles. The van der Waals surface area contributed by atoms with Gasteiger partial charge in [-0.25, -0.2) is 15.0 Å². The molecule has 15 heavy (non-hydrogen) atoms. The van der Waals surface area contributed by atoms with E-state index in [1.54, 1.807) is 6.33 Å². The number of aryl methyl sites for hydroxylation is 1. The van der Waals surface area contributed by atoms with Gasteiger partial charge in [0.05, 0.1) is 6.33 Å². The number of aromatic nitrogens is 4. The maximum absolute atomic E-state index is 5.73. The van der Waals surface area contributed by atoms with Gasteiger partial charge in [-0.3, -0.25) is 0 Å². The lowest BCUT2D eigenvalue weighted by molar-refractivity contribution is 0.698. The summed E-state index contributed by atoms with van der Waals surface area (Å²) in [6.45, 7) is 0.866. The van der Waals surface area contributed by atoms with E-state index in [1.807, 2.05) is 4.57 Å². The molecule has 0 radical (unpaired) electrons. The van der Waals surface area contributed by atoms with Gasteiger partial charge in [-0.2, -0.15) is 0 Å². The van der Waals surface area contributed by atoms with Crippen LogP contribution in [0.15, 0.2) is 11.1 Å². The lowest BCUT2D eigenvalue weighted by Gasteiger charge is -2.01. The maximum Gasteiger partial charge on any atom is 0.200 e. The smallest absolute Gasteiger partial charge is 0.200 e. The molecule has 0 spiro atoms. The van der Waals surface area contributed by atoms with Gasteiger partial charge in [0.1, 0.15) is 5.52 Å². The number of anilines is 1. The van der Waals surface area contributed by atoms with Crippen LogP contribution in [-0.4, -0.2) is 24.8 Å². The Hall–Kier alpha value is -0.690. The molecule has 80 valence electrons. The lowest BCUT2D eigenvalue weighted by Crippen LogP contribution is -2.00. The first kappa shape index (κ1) is 10.8. The fourth-order valence-electron chi connectivity index (χ4n) is 1.33. The summed E-state index contributed by atoms with van der Waals surface area (Å²) in [4.78, 5) is 12.4. The summed E-state index contributed by atoms with van der Waals surface area (Å²) in [5.74, 6) is 0.407. The fourth-order valence-corrected chi connectivity index (χ4v) is 1.94. The highest BCUT2D eigenvalue weighted by Crippen LogP contribution is 2.18. The number of nitrogen functional groups attached to an aromatic ring is 1. The molecule has 0 aliphatic rings. The second kappa shape index (κ2) is 4.44. The van der Waals surface area contributed by atoms with E-state index in [2.05, 4.69) is 46.8 Å². The summed E-state index contributed by atoms with van der Waals surface area (Å²) >= 11 is 6.61. The van der Waals surface area contributed by atoms with Gasteiger partial charge in [0.15, 0.2) is 11.5 Å². The number of halogens is 2. The van der Waals surface area contributed by atoms with Crippen molar-refractivity contribution in [3.8, 4) is 0 Å². The zero-order valence-electron chi connectivity index (χ0n) is 7.82. The third-order valence-corrected chi connectivity index (χ3v) is 2.91. The van der Waals surface area contributed by atoms with Gasteiger partial charge in [-0.05, 0) is 22.4 Å². The lowest BCUT2D eigenvalue weighted by atomic mass is 10.4. The van der Waals surface area contributed by atoms with Crippen LogP contribution in [0, 0.1) is 0 Å². The van der Waals surface area contributed by atoms with Crippen molar-refractivity contribution in [3.63, 3.8) is 0 Å². The van der Waals surface area contributed by atoms with Crippen LogP contribution in [0.2, 0.25) is 0 Å². The van der Waals surface area contributed by atoms with Crippen molar-refractivity contribution >= 4 is 48.8 Å². The number of rotatable bonds is 3. The monoisotopic (exact) mass is 333 g/mol. The molecule has 7 heteroatoms. The summed E-state index contributed by atoms with van der Waals surface area (Å²) in [6, 6.07) is 0. The molecule has 2 aromatic heterocycles. The Morgan fingerprint density at radius 1 is 1.40 bits per heavy atom. The van der Waals surface area contributed by atoms with Crippen molar-refractivity contribution in [1.82, 2.24) is 19.5 Å². The number of imidazole rings is 1. The molecule has 0 fully saturated rings. The van der Waals surface area contributed by atoms with E-state index >= 15 is 0 Å². The summed E-state index contributed by atoms with van der Waals surface area (Å²) < 4.78 is 2.47. The van der Waals surface area contributed by atoms with Gasteiger partial charge in [-0.15, -0.1) is 0 Å². The van der Waals surface area contributed by atoms with Crippen molar-refractivity contribution < 1.29 is 0 Å². The molecule has 0 amide bonds. The molecule has 0 saturated carbocycles. The van der Waals surface area contributed by atoms with Crippen LogP contribution < -0.4 is 5.73 Å². The zero-order chi connectivity index (χ0) is 10.8. The zero-order valence-corrected chi connectivity index (χ0v) is 11.0. The van der Waals surface area contributed by atoms with Gasteiger partial charge < -0.3 is 10.3 Å². The number of nitrogens with zero attached hydrogens (tertiary/aromatic N) is 4. The van der Waals surface area contributed by atoms with Gasteiger partial charge in [0.2, 0.25) is 4.73 Å². The first-order valence-corrected chi connectivity index (χ1v) is 6.33. The molecule has 2 rings (SSSR count). The normalized spacial score (nSPS) is 11.1. The van der Waals surface area contributed by atoms with Crippen LogP contribution in [0.3, 0.4) is 0 Å².